The Bertz CT molecular complexity index is 271. The molecule has 116 valence electrons. The van der Waals surface area contributed by atoms with Gasteiger partial charge in [0, 0.05) is 26.2 Å². The molecule has 0 aliphatic carbocycles. The van der Waals surface area contributed by atoms with Crippen LogP contribution >= 0.6 is 0 Å². The van der Waals surface area contributed by atoms with Gasteiger partial charge in [-0.1, -0.05) is 6.92 Å². The molecule has 2 aliphatic rings. The lowest BCUT2D eigenvalue weighted by molar-refractivity contribution is -0.149. The van der Waals surface area contributed by atoms with Crippen LogP contribution in [0.5, 0.6) is 0 Å². The number of ether oxygens (including phenoxy) is 3. The summed E-state index contributed by atoms with van der Waals surface area (Å²) in [4.78, 5) is 16.6. The number of nitrogens with zero attached hydrogens (tertiary/aromatic N) is 2. The Morgan fingerprint density at radius 2 is 1.55 bits per heavy atom. The lowest BCUT2D eigenvalue weighted by atomic mass is 10.2. The van der Waals surface area contributed by atoms with Crippen LogP contribution in [0.2, 0.25) is 0 Å². The zero-order valence-electron chi connectivity index (χ0n) is 12.4. The van der Waals surface area contributed by atoms with Crippen molar-refractivity contribution in [2.75, 3.05) is 59.2 Å². The minimum absolute atomic E-state index is 0.102. The fraction of sp³-hybridized carbons (Fsp3) is 0.929. The molecule has 0 saturated carbocycles. The molecule has 2 saturated heterocycles. The van der Waals surface area contributed by atoms with Crippen molar-refractivity contribution < 1.29 is 19.0 Å². The Balaban J connectivity index is 1.92. The lowest BCUT2D eigenvalue weighted by Gasteiger charge is -2.42. The number of carbonyl (C=O) groups is 1. The monoisotopic (exact) mass is 286 g/mol. The first-order chi connectivity index (χ1) is 9.81. The van der Waals surface area contributed by atoms with Gasteiger partial charge in [-0.05, 0) is 6.42 Å². The maximum absolute atomic E-state index is 12.0. The first kappa shape index (κ1) is 15.7. The highest BCUT2D eigenvalue weighted by molar-refractivity contribution is 5.70. The van der Waals surface area contributed by atoms with E-state index in [1.54, 1.807) is 0 Å². The Morgan fingerprint density at radius 1 is 1.05 bits per heavy atom. The number of carbonyl (C=O) groups excluding carboxylic acids is 1. The lowest BCUT2D eigenvalue weighted by Crippen LogP contribution is -2.56. The summed E-state index contributed by atoms with van der Waals surface area (Å²) in [5.41, 5.74) is 0. The van der Waals surface area contributed by atoms with Gasteiger partial charge in [-0.25, -0.2) is 0 Å². The molecule has 0 radical (unpaired) electrons. The van der Waals surface area contributed by atoms with Crippen molar-refractivity contribution in [1.29, 1.82) is 0 Å². The van der Waals surface area contributed by atoms with Crippen LogP contribution in [0.25, 0.3) is 0 Å². The van der Waals surface area contributed by atoms with Gasteiger partial charge in [0.1, 0.15) is 0 Å². The van der Waals surface area contributed by atoms with Gasteiger partial charge in [0.05, 0.1) is 45.6 Å². The van der Waals surface area contributed by atoms with E-state index in [0.29, 0.717) is 13.0 Å². The van der Waals surface area contributed by atoms with Crippen molar-refractivity contribution in [2.45, 2.75) is 25.9 Å². The Hall–Kier alpha value is -0.690. The molecule has 0 unspecified atom stereocenters. The summed E-state index contributed by atoms with van der Waals surface area (Å²) >= 11 is 0. The Kier molecular flexibility index (Phi) is 6.72. The van der Waals surface area contributed by atoms with Gasteiger partial charge in [0.2, 0.25) is 0 Å². The molecule has 6 heteroatoms. The maximum atomic E-state index is 12.0. The van der Waals surface area contributed by atoms with E-state index in [-0.39, 0.29) is 12.1 Å². The minimum Gasteiger partial charge on any atom is -0.466 e. The highest BCUT2D eigenvalue weighted by atomic mass is 16.5. The fourth-order valence-corrected chi connectivity index (χ4v) is 2.66. The maximum Gasteiger partial charge on any atom is 0.308 e. The molecule has 2 fully saturated rings. The third kappa shape index (κ3) is 4.70. The SMILES string of the molecule is CCCOC(=O)CC(N1CCOCC1)N1CCOCC1. The third-order valence-corrected chi connectivity index (χ3v) is 3.75. The average molecular weight is 286 g/mol. The minimum atomic E-state index is -0.102. The van der Waals surface area contributed by atoms with E-state index >= 15 is 0 Å². The molecule has 6 nitrogen and oxygen atoms in total. The number of rotatable bonds is 6. The summed E-state index contributed by atoms with van der Waals surface area (Å²) in [6.07, 6.45) is 1.41. The van der Waals surface area contributed by atoms with Crippen LogP contribution in [-0.2, 0) is 19.0 Å². The van der Waals surface area contributed by atoms with E-state index in [1.165, 1.54) is 0 Å². The van der Waals surface area contributed by atoms with E-state index in [9.17, 15) is 4.79 Å². The van der Waals surface area contributed by atoms with Gasteiger partial charge in [0.15, 0.2) is 0 Å². The van der Waals surface area contributed by atoms with Gasteiger partial charge in [-0.15, -0.1) is 0 Å². The van der Waals surface area contributed by atoms with Crippen LogP contribution in [0.3, 0.4) is 0 Å². The number of morpholine rings is 2. The summed E-state index contributed by atoms with van der Waals surface area (Å²) in [6.45, 7) is 9.00. The second-order valence-corrected chi connectivity index (χ2v) is 5.20. The smallest absolute Gasteiger partial charge is 0.308 e. The summed E-state index contributed by atoms with van der Waals surface area (Å²) in [6, 6.07) is 0. The summed E-state index contributed by atoms with van der Waals surface area (Å²) in [5.74, 6) is -0.102. The molecule has 0 aromatic carbocycles. The van der Waals surface area contributed by atoms with Crippen LogP contribution in [0.4, 0.5) is 0 Å². The van der Waals surface area contributed by atoms with Crippen molar-refractivity contribution in [1.82, 2.24) is 9.80 Å². The Labute approximate surface area is 120 Å². The molecule has 0 spiro atoms. The average Bonchev–Trinajstić information content (AvgIpc) is 2.52. The summed E-state index contributed by atoms with van der Waals surface area (Å²) in [7, 11) is 0. The third-order valence-electron chi connectivity index (χ3n) is 3.75. The molecule has 0 amide bonds. The van der Waals surface area contributed by atoms with Crippen LogP contribution < -0.4 is 0 Å². The van der Waals surface area contributed by atoms with E-state index in [1.807, 2.05) is 6.92 Å². The number of hydrogen-bond acceptors (Lipinski definition) is 6. The quantitative estimate of drug-likeness (QED) is 0.656. The topological polar surface area (TPSA) is 51.2 Å². The van der Waals surface area contributed by atoms with Crippen molar-refractivity contribution in [3.63, 3.8) is 0 Å². The van der Waals surface area contributed by atoms with Gasteiger partial charge < -0.3 is 14.2 Å². The zero-order valence-corrected chi connectivity index (χ0v) is 12.4. The second-order valence-electron chi connectivity index (χ2n) is 5.20. The molecule has 0 N–H and O–H groups in total. The first-order valence-electron chi connectivity index (χ1n) is 7.60. The van der Waals surface area contributed by atoms with Crippen LogP contribution in [-0.4, -0.2) is 81.1 Å². The normalized spacial score (nSPS) is 22.1. The molecule has 0 bridgehead atoms. The number of esters is 1. The predicted molar refractivity (Wildman–Crippen MR) is 74.4 cm³/mol. The van der Waals surface area contributed by atoms with Crippen LogP contribution in [0.1, 0.15) is 19.8 Å². The predicted octanol–water partition coefficient (Wildman–Crippen LogP) is 0.320. The van der Waals surface area contributed by atoms with Gasteiger partial charge >= 0.3 is 5.97 Å². The molecule has 20 heavy (non-hydrogen) atoms. The highest BCUT2D eigenvalue weighted by Crippen LogP contribution is 2.15. The van der Waals surface area contributed by atoms with Crippen molar-refractivity contribution in [3.8, 4) is 0 Å². The summed E-state index contributed by atoms with van der Waals surface area (Å²) in [5, 5.41) is 0. The van der Waals surface area contributed by atoms with E-state index in [0.717, 1.165) is 59.0 Å². The molecule has 2 heterocycles. The molecule has 0 aromatic heterocycles. The molecular formula is C14H26N2O4. The largest absolute Gasteiger partial charge is 0.466 e. The fourth-order valence-electron chi connectivity index (χ4n) is 2.66. The first-order valence-corrected chi connectivity index (χ1v) is 7.60. The highest BCUT2D eigenvalue weighted by Gasteiger charge is 2.30. The van der Waals surface area contributed by atoms with Crippen molar-refractivity contribution in [3.05, 3.63) is 0 Å². The molecule has 0 aromatic rings. The zero-order chi connectivity index (χ0) is 14.2. The standard InChI is InChI=1S/C14H26N2O4/c1-2-7-20-14(17)12-13(15-3-8-18-9-4-15)16-5-10-19-11-6-16/h13H,2-12H2,1H3. The Morgan fingerprint density at radius 3 is 2.00 bits per heavy atom. The van der Waals surface area contributed by atoms with Crippen molar-refractivity contribution in [2.24, 2.45) is 0 Å². The molecular weight excluding hydrogens is 260 g/mol. The van der Waals surface area contributed by atoms with E-state index < -0.39 is 0 Å². The molecule has 2 aliphatic heterocycles. The molecule has 2 rings (SSSR count). The van der Waals surface area contributed by atoms with Crippen LogP contribution in [0.15, 0.2) is 0 Å². The molecule has 0 atom stereocenters. The summed E-state index contributed by atoms with van der Waals surface area (Å²) < 4.78 is 16.1. The van der Waals surface area contributed by atoms with Crippen molar-refractivity contribution >= 4 is 5.97 Å². The van der Waals surface area contributed by atoms with Gasteiger partial charge in [0.25, 0.3) is 0 Å². The van der Waals surface area contributed by atoms with Crippen LogP contribution in [0, 0.1) is 0 Å². The van der Waals surface area contributed by atoms with Gasteiger partial charge in [-0.3, -0.25) is 14.6 Å². The van der Waals surface area contributed by atoms with Gasteiger partial charge in [-0.2, -0.15) is 0 Å². The second kappa shape index (κ2) is 8.56. The van der Waals surface area contributed by atoms with E-state index in [2.05, 4.69) is 9.80 Å². The number of hydrogen-bond donors (Lipinski definition) is 0. The van der Waals surface area contributed by atoms with E-state index in [4.69, 9.17) is 14.2 Å².